The lowest BCUT2D eigenvalue weighted by Gasteiger charge is -2.16. The van der Waals surface area contributed by atoms with Crippen LogP contribution in [-0.4, -0.2) is 9.97 Å². The first-order chi connectivity index (χ1) is 30.7. The maximum Gasteiger partial charge on any atom is 0.160 e. The topological polar surface area (TPSA) is 25.8 Å². The standard InChI is InChI=1S/C60H38N2/c1-2-14-45(15-3-1)60-61-57(43-27-22-40(23-28-43)47-31-24-39-12-4-5-16-46(39)36-47)38-58(62-60)54-35-34-50(52-20-10-11-21-53(52)54)42-25-29-44(30-26-42)59-51-19-9-7-17-48(51)37-56-49-18-8-6-13-41(49)32-33-55(56)59/h1-38H. The number of fused-ring (bicyclic) bond motifs is 6. The molecular weight excluding hydrogens is 749 g/mol. The van der Waals surface area contributed by atoms with E-state index in [1.807, 2.05) is 18.2 Å². The minimum Gasteiger partial charge on any atom is -0.228 e. The highest BCUT2D eigenvalue weighted by molar-refractivity contribution is 6.20. The second-order valence-corrected chi connectivity index (χ2v) is 16.1. The lowest BCUT2D eigenvalue weighted by molar-refractivity contribution is 1.18. The fraction of sp³-hybridized carbons (Fsp3) is 0. The van der Waals surface area contributed by atoms with Crippen molar-refractivity contribution in [1.82, 2.24) is 9.97 Å². The molecule has 0 bridgehead atoms. The summed E-state index contributed by atoms with van der Waals surface area (Å²) in [5.74, 6) is 0.703. The van der Waals surface area contributed by atoms with E-state index in [2.05, 4.69) is 212 Å². The monoisotopic (exact) mass is 786 g/mol. The molecule has 288 valence electrons. The summed E-state index contributed by atoms with van der Waals surface area (Å²) in [6.07, 6.45) is 0. The molecule has 11 aromatic carbocycles. The predicted octanol–water partition coefficient (Wildman–Crippen LogP) is 16.2. The van der Waals surface area contributed by atoms with E-state index in [1.54, 1.807) is 0 Å². The van der Waals surface area contributed by atoms with Crippen molar-refractivity contribution in [3.63, 3.8) is 0 Å². The Morgan fingerprint density at radius 2 is 0.774 bits per heavy atom. The zero-order valence-electron chi connectivity index (χ0n) is 33.8. The fourth-order valence-electron chi connectivity index (χ4n) is 9.37. The lowest BCUT2D eigenvalue weighted by atomic mass is 9.88. The van der Waals surface area contributed by atoms with Gasteiger partial charge in [0.25, 0.3) is 0 Å². The molecule has 0 aliphatic heterocycles. The van der Waals surface area contributed by atoms with Gasteiger partial charge in [0.2, 0.25) is 0 Å². The van der Waals surface area contributed by atoms with Crippen molar-refractivity contribution in [3.8, 4) is 67.3 Å². The SMILES string of the molecule is c1ccc(-c2nc(-c3ccc(-c4ccc5ccccc5c4)cc3)cc(-c3ccc(-c4ccc(-c5c6ccccc6cc6c5ccc5ccccc56)cc4)c4ccccc34)n2)cc1. The van der Waals surface area contributed by atoms with E-state index in [9.17, 15) is 0 Å². The molecule has 1 heterocycles. The van der Waals surface area contributed by atoms with Crippen molar-refractivity contribution in [1.29, 1.82) is 0 Å². The predicted molar refractivity (Wildman–Crippen MR) is 262 cm³/mol. The van der Waals surface area contributed by atoms with E-state index >= 15 is 0 Å². The van der Waals surface area contributed by atoms with E-state index in [0.717, 1.165) is 33.5 Å². The van der Waals surface area contributed by atoms with Crippen LogP contribution in [0.25, 0.3) is 121 Å². The van der Waals surface area contributed by atoms with Gasteiger partial charge in [-0.2, -0.15) is 0 Å². The molecule has 0 N–H and O–H groups in total. The summed E-state index contributed by atoms with van der Waals surface area (Å²) in [5.41, 5.74) is 12.1. The first-order valence-electron chi connectivity index (χ1n) is 21.2. The Hall–Kier alpha value is -8.20. The molecule has 0 atom stereocenters. The van der Waals surface area contributed by atoms with Gasteiger partial charge in [-0.05, 0) is 105 Å². The molecule has 0 saturated heterocycles. The summed E-state index contributed by atoms with van der Waals surface area (Å²) in [4.78, 5) is 10.4. The molecule has 62 heavy (non-hydrogen) atoms. The number of rotatable bonds is 6. The first kappa shape index (κ1) is 35.7. The van der Waals surface area contributed by atoms with Crippen molar-refractivity contribution in [2.45, 2.75) is 0 Å². The van der Waals surface area contributed by atoms with Crippen LogP contribution in [0.1, 0.15) is 0 Å². The van der Waals surface area contributed by atoms with Gasteiger partial charge in [-0.3, -0.25) is 0 Å². The second-order valence-electron chi connectivity index (χ2n) is 16.1. The average molecular weight is 787 g/mol. The van der Waals surface area contributed by atoms with Crippen LogP contribution in [0.2, 0.25) is 0 Å². The van der Waals surface area contributed by atoms with Gasteiger partial charge < -0.3 is 0 Å². The summed E-state index contributed by atoms with van der Waals surface area (Å²) >= 11 is 0. The Balaban J connectivity index is 0.949. The van der Waals surface area contributed by atoms with Crippen LogP contribution in [0.5, 0.6) is 0 Å². The molecule has 2 nitrogen and oxygen atoms in total. The molecule has 0 fully saturated rings. The Bertz CT molecular complexity index is 3660. The zero-order chi connectivity index (χ0) is 41.0. The highest BCUT2D eigenvalue weighted by atomic mass is 14.9. The smallest absolute Gasteiger partial charge is 0.160 e. The number of aromatic nitrogens is 2. The van der Waals surface area contributed by atoms with Gasteiger partial charge in [-0.15, -0.1) is 0 Å². The maximum atomic E-state index is 5.25. The van der Waals surface area contributed by atoms with Crippen LogP contribution in [0, 0.1) is 0 Å². The van der Waals surface area contributed by atoms with Gasteiger partial charge >= 0.3 is 0 Å². The van der Waals surface area contributed by atoms with Crippen molar-refractivity contribution in [3.05, 3.63) is 231 Å². The van der Waals surface area contributed by atoms with Crippen LogP contribution < -0.4 is 0 Å². The van der Waals surface area contributed by atoms with Gasteiger partial charge in [0, 0.05) is 16.7 Å². The molecular formula is C60H38N2. The van der Waals surface area contributed by atoms with Gasteiger partial charge in [0.15, 0.2) is 5.82 Å². The Morgan fingerprint density at radius 3 is 1.56 bits per heavy atom. The zero-order valence-corrected chi connectivity index (χ0v) is 33.8. The molecule has 0 radical (unpaired) electrons. The van der Waals surface area contributed by atoms with Crippen LogP contribution in [0.4, 0.5) is 0 Å². The molecule has 2 heteroatoms. The summed E-state index contributed by atoms with van der Waals surface area (Å²) in [6, 6.07) is 83.1. The highest BCUT2D eigenvalue weighted by Crippen LogP contribution is 2.42. The normalized spacial score (nSPS) is 11.5. The quantitative estimate of drug-likeness (QED) is 0.124. The van der Waals surface area contributed by atoms with Crippen molar-refractivity contribution < 1.29 is 0 Å². The van der Waals surface area contributed by atoms with Crippen LogP contribution in [0.15, 0.2) is 231 Å². The first-order valence-corrected chi connectivity index (χ1v) is 21.2. The number of nitrogens with zero attached hydrogens (tertiary/aromatic N) is 2. The van der Waals surface area contributed by atoms with Gasteiger partial charge in [-0.25, -0.2) is 9.97 Å². The van der Waals surface area contributed by atoms with E-state index in [1.165, 1.54) is 81.9 Å². The number of benzene rings is 11. The number of hydrogen-bond acceptors (Lipinski definition) is 2. The van der Waals surface area contributed by atoms with Crippen molar-refractivity contribution >= 4 is 53.9 Å². The third-order valence-electron chi connectivity index (χ3n) is 12.5. The van der Waals surface area contributed by atoms with Gasteiger partial charge in [0.1, 0.15) is 0 Å². The van der Waals surface area contributed by atoms with E-state index in [0.29, 0.717) is 5.82 Å². The summed E-state index contributed by atoms with van der Waals surface area (Å²) in [5, 5.41) is 12.4. The van der Waals surface area contributed by atoms with E-state index < -0.39 is 0 Å². The molecule has 0 saturated carbocycles. The lowest BCUT2D eigenvalue weighted by Crippen LogP contribution is -1.97. The molecule has 12 rings (SSSR count). The van der Waals surface area contributed by atoms with Crippen molar-refractivity contribution in [2.75, 3.05) is 0 Å². The van der Waals surface area contributed by atoms with Crippen LogP contribution in [-0.2, 0) is 0 Å². The second kappa shape index (κ2) is 14.8. The van der Waals surface area contributed by atoms with E-state index in [-0.39, 0.29) is 0 Å². The molecule has 0 spiro atoms. The minimum atomic E-state index is 0.703. The Kier molecular flexibility index (Phi) is 8.53. The van der Waals surface area contributed by atoms with E-state index in [4.69, 9.17) is 9.97 Å². The highest BCUT2D eigenvalue weighted by Gasteiger charge is 2.17. The molecule has 0 unspecified atom stereocenters. The summed E-state index contributed by atoms with van der Waals surface area (Å²) in [6.45, 7) is 0. The summed E-state index contributed by atoms with van der Waals surface area (Å²) in [7, 11) is 0. The number of hydrogen-bond donors (Lipinski definition) is 0. The molecule has 12 aromatic rings. The molecule has 0 aliphatic rings. The fourth-order valence-corrected chi connectivity index (χ4v) is 9.37. The van der Waals surface area contributed by atoms with Gasteiger partial charge in [0.05, 0.1) is 11.4 Å². The third kappa shape index (κ3) is 6.20. The van der Waals surface area contributed by atoms with Crippen molar-refractivity contribution in [2.24, 2.45) is 0 Å². The Labute approximate surface area is 360 Å². The maximum absolute atomic E-state index is 5.25. The molecule has 1 aromatic heterocycles. The Morgan fingerprint density at radius 1 is 0.226 bits per heavy atom. The third-order valence-corrected chi connectivity index (χ3v) is 12.5. The van der Waals surface area contributed by atoms with Crippen LogP contribution in [0.3, 0.4) is 0 Å². The van der Waals surface area contributed by atoms with Crippen LogP contribution >= 0.6 is 0 Å². The minimum absolute atomic E-state index is 0.703. The molecule has 0 amide bonds. The van der Waals surface area contributed by atoms with Gasteiger partial charge in [-0.1, -0.05) is 212 Å². The summed E-state index contributed by atoms with van der Waals surface area (Å²) < 4.78 is 0. The molecule has 0 aliphatic carbocycles. The largest absolute Gasteiger partial charge is 0.228 e. The average Bonchev–Trinajstić information content (AvgIpc) is 3.35.